The maximum atomic E-state index is 12.0. The fourth-order valence-corrected chi connectivity index (χ4v) is 2.70. The number of carboxylic acids is 2. The molecular formula is C18H20N4O6. The molecule has 1 aliphatic heterocycles. The maximum absolute atomic E-state index is 12.0. The van der Waals surface area contributed by atoms with Crippen LogP contribution in [0.15, 0.2) is 34.9 Å². The van der Waals surface area contributed by atoms with E-state index in [4.69, 9.17) is 24.3 Å². The highest BCUT2D eigenvalue weighted by Gasteiger charge is 2.35. The van der Waals surface area contributed by atoms with Gasteiger partial charge in [0.05, 0.1) is 12.5 Å². The molecule has 0 spiro atoms. The third-order valence-electron chi connectivity index (χ3n) is 4.31. The molecule has 10 heteroatoms. The molecule has 2 aliphatic rings. The molecule has 0 radical (unpaired) electrons. The number of para-hydroxylation sites is 1. The van der Waals surface area contributed by atoms with E-state index in [0.717, 1.165) is 30.5 Å². The summed E-state index contributed by atoms with van der Waals surface area (Å²) in [5, 5.41) is 21.7. The van der Waals surface area contributed by atoms with E-state index in [-0.39, 0.29) is 11.8 Å². The summed E-state index contributed by atoms with van der Waals surface area (Å²) in [5.74, 6) is -1.27. The second kappa shape index (κ2) is 8.61. The first-order valence-electron chi connectivity index (χ1n) is 8.79. The van der Waals surface area contributed by atoms with Gasteiger partial charge >= 0.3 is 11.9 Å². The molecular weight excluding hydrogens is 368 g/mol. The third kappa shape index (κ3) is 5.36. The molecule has 3 N–H and O–H groups in total. The lowest BCUT2D eigenvalue weighted by molar-refractivity contribution is -0.159. The van der Waals surface area contributed by atoms with Gasteiger partial charge in [0.1, 0.15) is 0 Å². The Morgan fingerprint density at radius 1 is 1.07 bits per heavy atom. The Morgan fingerprint density at radius 2 is 1.71 bits per heavy atom. The molecule has 0 unspecified atom stereocenters. The van der Waals surface area contributed by atoms with Crippen molar-refractivity contribution in [2.45, 2.75) is 24.7 Å². The number of nitrogens with one attached hydrogen (secondary N) is 1. The first kappa shape index (κ1) is 19.5. The summed E-state index contributed by atoms with van der Waals surface area (Å²) in [6.07, 6.45) is 2.35. The van der Waals surface area contributed by atoms with Crippen LogP contribution in [0.1, 0.15) is 36.4 Å². The number of anilines is 1. The maximum Gasteiger partial charge on any atom is 0.414 e. The molecule has 0 bridgehead atoms. The van der Waals surface area contributed by atoms with Gasteiger partial charge in [-0.25, -0.2) is 9.59 Å². The third-order valence-corrected chi connectivity index (χ3v) is 4.31. The van der Waals surface area contributed by atoms with E-state index in [2.05, 4.69) is 20.4 Å². The molecule has 1 amide bonds. The van der Waals surface area contributed by atoms with E-state index in [1.807, 2.05) is 30.3 Å². The number of carbonyl (C=O) groups is 3. The molecule has 2 aromatic rings. The molecule has 1 aromatic heterocycles. The van der Waals surface area contributed by atoms with Crippen molar-refractivity contribution in [3.63, 3.8) is 0 Å². The average molecular weight is 388 g/mol. The van der Waals surface area contributed by atoms with Crippen LogP contribution in [0.5, 0.6) is 0 Å². The fourth-order valence-electron chi connectivity index (χ4n) is 2.70. The van der Waals surface area contributed by atoms with Crippen LogP contribution >= 0.6 is 0 Å². The van der Waals surface area contributed by atoms with Crippen molar-refractivity contribution in [2.24, 2.45) is 0 Å². The van der Waals surface area contributed by atoms with Gasteiger partial charge in [-0.05, 0) is 25.0 Å². The molecule has 28 heavy (non-hydrogen) atoms. The van der Waals surface area contributed by atoms with Crippen LogP contribution in [-0.4, -0.2) is 62.7 Å². The van der Waals surface area contributed by atoms with Gasteiger partial charge in [0.2, 0.25) is 11.8 Å². The first-order chi connectivity index (χ1) is 13.4. The van der Waals surface area contributed by atoms with E-state index in [1.165, 1.54) is 12.8 Å². The average Bonchev–Trinajstić information content (AvgIpc) is 3.37. The lowest BCUT2D eigenvalue weighted by Crippen LogP contribution is -2.48. The zero-order valence-corrected chi connectivity index (χ0v) is 14.9. The second-order valence-corrected chi connectivity index (χ2v) is 6.68. The molecule has 1 aromatic carbocycles. The van der Waals surface area contributed by atoms with Gasteiger partial charge in [0.25, 0.3) is 0 Å². The predicted octanol–water partition coefficient (Wildman–Crippen LogP) is 1.14. The number of likely N-dealkylation sites (tertiary alicyclic amines) is 1. The SMILES string of the molecule is O=C(CN1CC(c2nc(C3CC3)no2)C1)Nc1ccccc1.O=C(O)C(=O)O. The molecule has 1 saturated carbocycles. The predicted molar refractivity (Wildman–Crippen MR) is 95.8 cm³/mol. The van der Waals surface area contributed by atoms with Gasteiger partial charge in [0, 0.05) is 24.7 Å². The van der Waals surface area contributed by atoms with E-state index in [0.29, 0.717) is 12.5 Å². The lowest BCUT2D eigenvalue weighted by atomic mass is 10.0. The van der Waals surface area contributed by atoms with Crippen molar-refractivity contribution in [1.82, 2.24) is 15.0 Å². The standard InChI is InChI=1S/C16H18N4O2.C2H2O4/c21-14(17-13-4-2-1-3-5-13)10-20-8-12(9-20)16-18-15(19-22-16)11-6-7-11;3-1(4)2(5)6/h1-5,11-12H,6-10H2,(H,17,21);(H,3,4)(H,5,6). The number of nitrogens with zero attached hydrogens (tertiary/aromatic N) is 3. The van der Waals surface area contributed by atoms with Gasteiger partial charge in [-0.15, -0.1) is 0 Å². The highest BCUT2D eigenvalue weighted by molar-refractivity contribution is 6.27. The Bertz CT molecular complexity index is 831. The fraction of sp³-hybridized carbons (Fsp3) is 0.389. The summed E-state index contributed by atoms with van der Waals surface area (Å²) in [6.45, 7) is 2.00. The lowest BCUT2D eigenvalue weighted by Gasteiger charge is -2.36. The number of aromatic nitrogens is 2. The minimum absolute atomic E-state index is 0.00819. The van der Waals surface area contributed by atoms with E-state index >= 15 is 0 Å². The van der Waals surface area contributed by atoms with Crippen molar-refractivity contribution in [3.8, 4) is 0 Å². The van der Waals surface area contributed by atoms with E-state index < -0.39 is 11.9 Å². The number of benzene rings is 1. The number of carbonyl (C=O) groups excluding carboxylic acids is 1. The highest BCUT2D eigenvalue weighted by atomic mass is 16.5. The largest absolute Gasteiger partial charge is 0.473 e. The van der Waals surface area contributed by atoms with Gasteiger partial charge in [-0.1, -0.05) is 23.4 Å². The van der Waals surface area contributed by atoms with Crippen molar-refractivity contribution in [2.75, 3.05) is 25.0 Å². The minimum Gasteiger partial charge on any atom is -0.473 e. The summed E-state index contributed by atoms with van der Waals surface area (Å²) < 4.78 is 5.33. The quantitative estimate of drug-likeness (QED) is 0.642. The molecule has 4 rings (SSSR count). The topological polar surface area (TPSA) is 146 Å². The van der Waals surface area contributed by atoms with Gasteiger partial charge in [-0.3, -0.25) is 9.69 Å². The monoisotopic (exact) mass is 388 g/mol. The van der Waals surface area contributed by atoms with Gasteiger partial charge < -0.3 is 20.1 Å². The van der Waals surface area contributed by atoms with E-state index in [9.17, 15) is 4.79 Å². The summed E-state index contributed by atoms with van der Waals surface area (Å²) in [7, 11) is 0. The Hall–Kier alpha value is -3.27. The summed E-state index contributed by atoms with van der Waals surface area (Å²) in [5.41, 5.74) is 0.829. The van der Waals surface area contributed by atoms with Crippen LogP contribution in [0, 0.1) is 0 Å². The Balaban J connectivity index is 0.000000330. The van der Waals surface area contributed by atoms with Crippen LogP contribution in [0.4, 0.5) is 5.69 Å². The number of aliphatic carboxylic acids is 2. The van der Waals surface area contributed by atoms with Crippen LogP contribution in [-0.2, 0) is 14.4 Å². The smallest absolute Gasteiger partial charge is 0.414 e. The molecule has 10 nitrogen and oxygen atoms in total. The summed E-state index contributed by atoms with van der Waals surface area (Å²) in [6, 6.07) is 9.50. The Labute approximate surface area is 160 Å². The second-order valence-electron chi connectivity index (χ2n) is 6.68. The molecule has 1 aliphatic carbocycles. The normalized spacial score (nSPS) is 16.4. The summed E-state index contributed by atoms with van der Waals surface area (Å²) in [4.78, 5) is 36.7. The zero-order valence-electron chi connectivity index (χ0n) is 14.9. The van der Waals surface area contributed by atoms with Crippen molar-refractivity contribution >= 4 is 23.5 Å². The van der Waals surface area contributed by atoms with E-state index in [1.54, 1.807) is 0 Å². The van der Waals surface area contributed by atoms with Crippen LogP contribution in [0.3, 0.4) is 0 Å². The number of amides is 1. The van der Waals surface area contributed by atoms with Gasteiger partial charge in [-0.2, -0.15) is 4.98 Å². The first-order valence-corrected chi connectivity index (χ1v) is 8.79. The minimum atomic E-state index is -1.82. The van der Waals surface area contributed by atoms with Crippen LogP contribution in [0.2, 0.25) is 0 Å². The van der Waals surface area contributed by atoms with Gasteiger partial charge in [0.15, 0.2) is 5.82 Å². The van der Waals surface area contributed by atoms with Crippen molar-refractivity contribution < 1.29 is 29.1 Å². The highest BCUT2D eigenvalue weighted by Crippen LogP contribution is 2.39. The number of hydrogen-bond donors (Lipinski definition) is 3. The number of rotatable bonds is 5. The zero-order chi connectivity index (χ0) is 20.1. The molecule has 2 heterocycles. The molecule has 1 saturated heterocycles. The Morgan fingerprint density at radius 3 is 2.29 bits per heavy atom. The molecule has 2 fully saturated rings. The molecule has 148 valence electrons. The van der Waals surface area contributed by atoms with Crippen molar-refractivity contribution in [1.29, 1.82) is 0 Å². The van der Waals surface area contributed by atoms with Crippen molar-refractivity contribution in [3.05, 3.63) is 42.0 Å². The molecule has 0 atom stereocenters. The number of hydrogen-bond acceptors (Lipinski definition) is 7. The number of carboxylic acid groups (broad SMARTS) is 2. The van der Waals surface area contributed by atoms with Crippen LogP contribution in [0.25, 0.3) is 0 Å². The Kier molecular flexibility index (Phi) is 5.99. The van der Waals surface area contributed by atoms with Crippen LogP contribution < -0.4 is 5.32 Å². The summed E-state index contributed by atoms with van der Waals surface area (Å²) >= 11 is 0.